The van der Waals surface area contributed by atoms with Gasteiger partial charge in [-0.1, -0.05) is 60.2 Å². The lowest BCUT2D eigenvalue weighted by atomic mass is 9.82. The summed E-state index contributed by atoms with van der Waals surface area (Å²) in [6.45, 7) is 10.3. The van der Waals surface area contributed by atoms with E-state index in [2.05, 4.69) is 42.3 Å². The molecule has 3 nitrogen and oxygen atoms in total. The van der Waals surface area contributed by atoms with Crippen molar-refractivity contribution in [1.29, 1.82) is 0 Å². The summed E-state index contributed by atoms with van der Waals surface area (Å²) in [6.07, 6.45) is 8.14. The first-order valence-corrected chi connectivity index (χ1v) is 11.4. The summed E-state index contributed by atoms with van der Waals surface area (Å²) < 4.78 is 5.72. The Morgan fingerprint density at radius 3 is 2.10 bits per heavy atom. The summed E-state index contributed by atoms with van der Waals surface area (Å²) in [5.74, 6) is 0.386. The van der Waals surface area contributed by atoms with Crippen molar-refractivity contribution in [2.75, 3.05) is 13.1 Å². The minimum Gasteiger partial charge on any atom is -0.462 e. The molecular weight excluding hydrogens is 406 g/mol. The number of rotatable bonds is 10. The number of nitrogens with zero attached hydrogens (tertiary/aromatic N) is 1. The van der Waals surface area contributed by atoms with Crippen molar-refractivity contribution in [3.8, 4) is 0 Å². The van der Waals surface area contributed by atoms with E-state index < -0.39 is 0 Å². The first kappa shape index (κ1) is 23.3. The lowest BCUT2D eigenvalue weighted by molar-refractivity contribution is -0.149. The lowest BCUT2D eigenvalue weighted by Gasteiger charge is -2.29. The minimum absolute atomic E-state index is 0.0293. The summed E-state index contributed by atoms with van der Waals surface area (Å²) in [4.78, 5) is 14.6. The van der Waals surface area contributed by atoms with Crippen molar-refractivity contribution >= 4 is 17.6 Å². The van der Waals surface area contributed by atoms with Gasteiger partial charge < -0.3 is 4.74 Å². The predicted molar refractivity (Wildman–Crippen MR) is 128 cm³/mol. The zero-order valence-corrected chi connectivity index (χ0v) is 18.9. The molecule has 1 aliphatic carbocycles. The van der Waals surface area contributed by atoms with Crippen LogP contribution in [0.1, 0.15) is 48.3 Å². The van der Waals surface area contributed by atoms with E-state index in [1.165, 1.54) is 11.1 Å². The monoisotopic (exact) mass is 437 g/mol. The molecule has 164 valence electrons. The predicted octanol–water partition coefficient (Wildman–Crippen LogP) is 6.33. The van der Waals surface area contributed by atoms with Gasteiger partial charge in [-0.15, -0.1) is 13.2 Å². The highest BCUT2D eigenvalue weighted by Gasteiger charge is 2.25. The van der Waals surface area contributed by atoms with Crippen LogP contribution in [0.15, 0.2) is 73.8 Å². The largest absolute Gasteiger partial charge is 0.462 e. The summed E-state index contributed by atoms with van der Waals surface area (Å²) in [6, 6.07) is 16.3. The second kappa shape index (κ2) is 11.9. The van der Waals surface area contributed by atoms with Crippen molar-refractivity contribution < 1.29 is 9.53 Å². The van der Waals surface area contributed by atoms with Crippen LogP contribution in [0.25, 0.3) is 0 Å². The molecule has 1 fully saturated rings. The molecule has 0 aliphatic heterocycles. The number of carbonyl (C=O) groups is 1. The Hall–Kier alpha value is -2.36. The Morgan fingerprint density at radius 2 is 1.52 bits per heavy atom. The van der Waals surface area contributed by atoms with Crippen LogP contribution in [0, 0.1) is 0 Å². The van der Waals surface area contributed by atoms with Crippen molar-refractivity contribution in [2.24, 2.45) is 0 Å². The Balaban J connectivity index is 1.45. The SMILES string of the molecule is C=CCN(CC=C)Cc1ccc(C2CCC(OC(=O)Cc3ccc(Cl)cc3)CC2)cc1. The molecule has 0 amide bonds. The van der Waals surface area contributed by atoms with Crippen LogP contribution in [-0.2, 0) is 22.5 Å². The minimum atomic E-state index is -0.154. The number of halogens is 1. The summed E-state index contributed by atoms with van der Waals surface area (Å²) >= 11 is 5.90. The number of carbonyl (C=O) groups excluding carboxylic acids is 1. The number of ether oxygens (including phenoxy) is 1. The molecule has 1 saturated carbocycles. The topological polar surface area (TPSA) is 29.5 Å². The fraction of sp³-hybridized carbons (Fsp3) is 0.370. The van der Waals surface area contributed by atoms with E-state index in [1.54, 1.807) is 12.1 Å². The van der Waals surface area contributed by atoms with E-state index in [1.807, 2.05) is 24.3 Å². The van der Waals surface area contributed by atoms with Crippen molar-refractivity contribution in [1.82, 2.24) is 4.90 Å². The number of benzene rings is 2. The maximum Gasteiger partial charge on any atom is 0.310 e. The molecule has 0 radical (unpaired) electrons. The van der Waals surface area contributed by atoms with Gasteiger partial charge in [-0.25, -0.2) is 0 Å². The van der Waals surface area contributed by atoms with Crippen LogP contribution in [0.3, 0.4) is 0 Å². The first-order valence-electron chi connectivity index (χ1n) is 11.0. The third kappa shape index (κ3) is 7.37. The van der Waals surface area contributed by atoms with Gasteiger partial charge in [-0.2, -0.15) is 0 Å². The molecule has 0 unspecified atom stereocenters. The number of hydrogen-bond acceptors (Lipinski definition) is 3. The molecule has 0 saturated heterocycles. The van der Waals surface area contributed by atoms with Crippen molar-refractivity contribution in [3.63, 3.8) is 0 Å². The van der Waals surface area contributed by atoms with Gasteiger partial charge in [0.25, 0.3) is 0 Å². The van der Waals surface area contributed by atoms with Crippen LogP contribution in [0.5, 0.6) is 0 Å². The van der Waals surface area contributed by atoms with E-state index >= 15 is 0 Å². The van der Waals surface area contributed by atoms with Crippen molar-refractivity contribution in [2.45, 2.75) is 50.7 Å². The lowest BCUT2D eigenvalue weighted by Crippen LogP contribution is -2.25. The molecule has 1 aliphatic rings. The first-order chi connectivity index (χ1) is 15.1. The molecule has 31 heavy (non-hydrogen) atoms. The zero-order valence-electron chi connectivity index (χ0n) is 18.1. The molecule has 2 aromatic rings. The Labute approximate surface area is 191 Å². The number of esters is 1. The highest BCUT2D eigenvalue weighted by atomic mass is 35.5. The molecule has 0 aromatic heterocycles. The van der Waals surface area contributed by atoms with Gasteiger partial charge in [0, 0.05) is 24.7 Å². The highest BCUT2D eigenvalue weighted by Crippen LogP contribution is 2.34. The van der Waals surface area contributed by atoms with Gasteiger partial charge in [-0.05, 0) is 60.4 Å². The molecule has 0 heterocycles. The average Bonchev–Trinajstić information content (AvgIpc) is 2.77. The van der Waals surface area contributed by atoms with Gasteiger partial charge in [-0.3, -0.25) is 9.69 Å². The standard InChI is InChI=1S/C27H32ClNO2/c1-3-17-29(18-4-2)20-22-5-9-23(10-6-22)24-11-15-26(16-12-24)31-27(30)19-21-7-13-25(28)14-8-21/h3-10,13-14,24,26H,1-2,11-12,15-20H2. The van der Waals surface area contributed by atoms with Gasteiger partial charge in [0.05, 0.1) is 6.42 Å². The van der Waals surface area contributed by atoms with Crippen LogP contribution in [0.4, 0.5) is 0 Å². The van der Waals surface area contributed by atoms with Crippen LogP contribution < -0.4 is 0 Å². The van der Waals surface area contributed by atoms with Gasteiger partial charge in [0.2, 0.25) is 0 Å². The van der Waals surface area contributed by atoms with Crippen LogP contribution in [-0.4, -0.2) is 30.1 Å². The van der Waals surface area contributed by atoms with Crippen molar-refractivity contribution in [3.05, 3.63) is 95.6 Å². The second-order valence-corrected chi connectivity index (χ2v) is 8.72. The third-order valence-electron chi connectivity index (χ3n) is 5.87. The molecule has 2 aromatic carbocycles. The molecular formula is C27H32ClNO2. The summed E-state index contributed by atoms with van der Waals surface area (Å²) in [5, 5.41) is 0.675. The Bertz CT molecular complexity index is 842. The molecule has 0 spiro atoms. The zero-order chi connectivity index (χ0) is 22.1. The molecule has 0 atom stereocenters. The maximum atomic E-state index is 12.3. The maximum absolute atomic E-state index is 12.3. The van der Waals surface area contributed by atoms with E-state index in [0.29, 0.717) is 17.4 Å². The normalized spacial score (nSPS) is 18.5. The smallest absolute Gasteiger partial charge is 0.310 e. The highest BCUT2D eigenvalue weighted by molar-refractivity contribution is 6.30. The Kier molecular flexibility index (Phi) is 8.93. The number of hydrogen-bond donors (Lipinski definition) is 0. The average molecular weight is 438 g/mol. The molecule has 4 heteroatoms. The fourth-order valence-corrected chi connectivity index (χ4v) is 4.36. The second-order valence-electron chi connectivity index (χ2n) is 8.28. The van der Waals surface area contributed by atoms with E-state index in [9.17, 15) is 4.79 Å². The van der Waals surface area contributed by atoms with Crippen LogP contribution >= 0.6 is 11.6 Å². The fourth-order valence-electron chi connectivity index (χ4n) is 4.23. The van der Waals surface area contributed by atoms with E-state index in [4.69, 9.17) is 16.3 Å². The van der Waals surface area contributed by atoms with Gasteiger partial charge in [0.15, 0.2) is 0 Å². The molecule has 3 rings (SSSR count). The van der Waals surface area contributed by atoms with Gasteiger partial charge >= 0.3 is 5.97 Å². The Morgan fingerprint density at radius 1 is 0.935 bits per heavy atom. The van der Waals surface area contributed by atoms with Gasteiger partial charge in [0.1, 0.15) is 6.10 Å². The molecule has 0 N–H and O–H groups in total. The van der Waals surface area contributed by atoms with E-state index in [0.717, 1.165) is 50.9 Å². The summed E-state index contributed by atoms with van der Waals surface area (Å²) in [7, 11) is 0. The third-order valence-corrected chi connectivity index (χ3v) is 6.12. The summed E-state index contributed by atoms with van der Waals surface area (Å²) in [5.41, 5.74) is 3.62. The van der Waals surface area contributed by atoms with Crippen LogP contribution in [0.2, 0.25) is 5.02 Å². The van der Waals surface area contributed by atoms with E-state index in [-0.39, 0.29) is 12.1 Å². The molecule has 0 bridgehead atoms. The quantitative estimate of drug-likeness (QED) is 0.321.